The van der Waals surface area contributed by atoms with Crippen LogP contribution in [0.2, 0.25) is 0 Å². The zero-order valence-corrected chi connectivity index (χ0v) is 48.7. The number of carbonyl (C=O) groups excluding carboxylic acids is 3. The molecule has 19 nitrogen and oxygen atoms in total. The SMILES string of the molecule is CCc1nc2ccc(N3CCN(C(=O)OC(C)(C)C)CC3)nn2c1N(C)c1nc(-c2ccc(F)cc2)c(C(=O)C(F)(F)F)s1.CCc1nc2ccc(N3CCN(C(=O)OC(C)(C)C)CC3)nn2c1N(C)c1nc(-c2ccc(F)cc2)cs1. The monoisotopic (exact) mass is 1170 g/mol. The Kier molecular flexibility index (Phi) is 16.8. The van der Waals surface area contributed by atoms with E-state index in [0.717, 1.165) is 57.9 Å². The Morgan fingerprint density at radius 1 is 0.573 bits per heavy atom. The van der Waals surface area contributed by atoms with Crippen LogP contribution in [-0.4, -0.2) is 151 Å². The van der Waals surface area contributed by atoms with Gasteiger partial charge in [0.15, 0.2) is 33.2 Å². The molecular weight excluding hydrogens is 1110 g/mol. The third kappa shape index (κ3) is 13.0. The summed E-state index contributed by atoms with van der Waals surface area (Å²) < 4.78 is 82.1. The van der Waals surface area contributed by atoms with Gasteiger partial charge in [0.2, 0.25) is 0 Å². The molecule has 2 aliphatic heterocycles. The molecule has 0 unspecified atom stereocenters. The van der Waals surface area contributed by atoms with E-state index in [9.17, 15) is 36.3 Å². The van der Waals surface area contributed by atoms with Gasteiger partial charge in [0.25, 0.3) is 5.78 Å². The number of hydrogen-bond acceptors (Lipinski definition) is 17. The highest BCUT2D eigenvalue weighted by Crippen LogP contribution is 2.40. The van der Waals surface area contributed by atoms with Gasteiger partial charge >= 0.3 is 18.4 Å². The highest BCUT2D eigenvalue weighted by Gasteiger charge is 2.43. The van der Waals surface area contributed by atoms with Gasteiger partial charge in [-0.1, -0.05) is 25.2 Å². The average molecular weight is 1170 g/mol. The van der Waals surface area contributed by atoms with Crippen LogP contribution in [0.25, 0.3) is 33.8 Å². The van der Waals surface area contributed by atoms with Gasteiger partial charge in [-0.25, -0.2) is 38.3 Å². The number of anilines is 6. The molecule has 2 fully saturated rings. The van der Waals surface area contributed by atoms with E-state index in [4.69, 9.17) is 29.6 Å². The van der Waals surface area contributed by atoms with Crippen LogP contribution in [0.5, 0.6) is 0 Å². The molecule has 26 heteroatoms. The molecule has 2 aromatic carbocycles. The van der Waals surface area contributed by atoms with Crippen molar-refractivity contribution >= 4 is 85.5 Å². The summed E-state index contributed by atoms with van der Waals surface area (Å²) in [6, 6.07) is 18.7. The number of aryl methyl sites for hydroxylation is 2. The van der Waals surface area contributed by atoms with Gasteiger partial charge in [0, 0.05) is 83.0 Å². The van der Waals surface area contributed by atoms with Gasteiger partial charge in [-0.3, -0.25) is 4.79 Å². The van der Waals surface area contributed by atoms with E-state index < -0.39 is 33.9 Å². The second-order valence-corrected chi connectivity index (χ2v) is 23.3. The summed E-state index contributed by atoms with van der Waals surface area (Å²) in [6.07, 6.45) is -4.56. The van der Waals surface area contributed by atoms with Crippen molar-refractivity contribution in [1.82, 2.24) is 49.0 Å². The van der Waals surface area contributed by atoms with Gasteiger partial charge in [-0.05, 0) is 127 Å². The van der Waals surface area contributed by atoms with Crippen LogP contribution in [0.15, 0.2) is 78.2 Å². The molecule has 2 amide bonds. The van der Waals surface area contributed by atoms with E-state index in [-0.39, 0.29) is 34.4 Å². The molecule has 0 bridgehead atoms. The molecule has 82 heavy (non-hydrogen) atoms. The molecule has 0 radical (unpaired) electrons. The number of piperazine rings is 2. The first kappa shape index (κ1) is 58.6. The molecule has 0 spiro atoms. The molecule has 0 aliphatic carbocycles. The Morgan fingerprint density at radius 3 is 1.41 bits per heavy atom. The van der Waals surface area contributed by atoms with Gasteiger partial charge < -0.3 is 38.9 Å². The van der Waals surface area contributed by atoms with Crippen molar-refractivity contribution in [2.24, 2.45) is 0 Å². The second kappa shape index (κ2) is 23.5. The number of aromatic nitrogens is 8. The minimum absolute atomic E-state index is 0.103. The van der Waals surface area contributed by atoms with Crippen LogP contribution in [0.1, 0.15) is 76.4 Å². The minimum atomic E-state index is -5.13. The first-order valence-corrected chi connectivity index (χ1v) is 28.3. The number of carbonyl (C=O) groups is 3. The minimum Gasteiger partial charge on any atom is -0.444 e. The molecule has 434 valence electrons. The fourth-order valence-corrected chi connectivity index (χ4v) is 11.0. The van der Waals surface area contributed by atoms with Crippen LogP contribution < -0.4 is 19.6 Å². The smallest absolute Gasteiger partial charge is 0.444 e. The van der Waals surface area contributed by atoms with Gasteiger partial charge in [0.1, 0.15) is 39.3 Å². The lowest BCUT2D eigenvalue weighted by atomic mass is 10.1. The number of alkyl halides is 3. The van der Waals surface area contributed by atoms with Gasteiger partial charge in [-0.15, -0.1) is 21.5 Å². The van der Waals surface area contributed by atoms with Crippen molar-refractivity contribution < 1.29 is 45.8 Å². The quantitative estimate of drug-likeness (QED) is 0.0882. The molecule has 8 heterocycles. The third-order valence-electron chi connectivity index (χ3n) is 13.2. The summed E-state index contributed by atoms with van der Waals surface area (Å²) in [6.45, 7) is 19.4. The summed E-state index contributed by atoms with van der Waals surface area (Å²) in [5, 5.41) is 12.6. The predicted octanol–water partition coefficient (Wildman–Crippen LogP) is 11.5. The van der Waals surface area contributed by atoms with Crippen LogP contribution >= 0.6 is 22.7 Å². The lowest BCUT2D eigenvalue weighted by Gasteiger charge is -2.36. The van der Waals surface area contributed by atoms with E-state index in [1.54, 1.807) is 44.5 Å². The van der Waals surface area contributed by atoms with E-state index in [1.807, 2.05) is 93.4 Å². The number of fused-ring (bicyclic) bond motifs is 2. The summed E-state index contributed by atoms with van der Waals surface area (Å²) in [7, 11) is 3.58. The highest BCUT2D eigenvalue weighted by molar-refractivity contribution is 7.18. The lowest BCUT2D eigenvalue weighted by Crippen LogP contribution is -2.50. The Hall–Kier alpha value is -8.00. The van der Waals surface area contributed by atoms with Crippen molar-refractivity contribution in [2.75, 3.05) is 86.1 Å². The number of benzene rings is 2. The molecule has 10 rings (SSSR count). The van der Waals surface area contributed by atoms with Gasteiger partial charge in [-0.2, -0.15) is 22.2 Å². The summed E-state index contributed by atoms with van der Waals surface area (Å²) in [5.74, 6) is -0.103. The number of ketones is 1. The first-order chi connectivity index (χ1) is 38.8. The predicted molar refractivity (Wildman–Crippen MR) is 306 cm³/mol. The van der Waals surface area contributed by atoms with Crippen molar-refractivity contribution in [3.05, 3.63) is 106 Å². The van der Waals surface area contributed by atoms with Crippen LogP contribution in [-0.2, 0) is 22.3 Å². The topological polar surface area (TPSA) is 175 Å². The Morgan fingerprint density at radius 2 is 1.00 bits per heavy atom. The molecular formula is C56H63F5N14O5S2. The van der Waals surface area contributed by atoms with E-state index >= 15 is 0 Å². The summed E-state index contributed by atoms with van der Waals surface area (Å²) in [4.78, 5) is 66.6. The largest absolute Gasteiger partial charge is 0.455 e. The molecule has 8 aromatic rings. The summed E-state index contributed by atoms with van der Waals surface area (Å²) in [5.41, 5.74) is 3.34. The number of rotatable bonds is 11. The number of halogens is 5. The van der Waals surface area contributed by atoms with Crippen LogP contribution in [0.4, 0.5) is 65.1 Å². The molecule has 2 saturated heterocycles. The zero-order valence-electron chi connectivity index (χ0n) is 47.1. The van der Waals surface area contributed by atoms with E-state index in [2.05, 4.69) is 21.8 Å². The number of hydrogen-bond donors (Lipinski definition) is 0. The zero-order chi connectivity index (χ0) is 59.0. The standard InChI is InChI=1S/C29H31F4N7O3S.C27H32FN7O2S/c1-6-19-25(37(5)26-35-22(17-7-9-18(30)10-8-17)23(44-26)24(41)29(31,32)33)40-20(34-19)11-12-21(36-40)38-13-15-39(16-14-38)27(42)43-28(2,3)4;1-6-20-24(32(5)25-30-21(17-38-25)18-7-9-19(28)10-8-18)35-22(29-20)11-12-23(31-35)33-13-15-34(16-14-33)26(36)37-27(2,3)4/h7-12H,6,13-16H2,1-5H3;7-12,17H,6,13-16H2,1-5H3. The molecule has 6 aromatic heterocycles. The molecule has 0 saturated carbocycles. The number of ether oxygens (including phenoxy) is 2. The normalized spacial score (nSPS) is 14.3. The fourth-order valence-electron chi connectivity index (χ4n) is 9.18. The van der Waals surface area contributed by atoms with Crippen molar-refractivity contribution in [3.8, 4) is 22.5 Å². The van der Waals surface area contributed by atoms with Crippen LogP contribution in [0.3, 0.4) is 0 Å². The fraction of sp³-hybridized carbons (Fsp3) is 0.411. The number of amides is 2. The average Bonchev–Trinajstić information content (AvgIpc) is 4.36. The van der Waals surface area contributed by atoms with E-state index in [0.29, 0.717) is 93.1 Å². The Bertz CT molecular complexity index is 3590. The first-order valence-electron chi connectivity index (χ1n) is 26.6. The Labute approximate surface area is 478 Å². The number of imidazole rings is 2. The maximum Gasteiger partial charge on any atom is 0.455 e. The maximum absolute atomic E-state index is 13.6. The number of nitrogens with zero attached hydrogens (tertiary/aromatic N) is 14. The molecule has 2 aliphatic rings. The molecule has 0 atom stereocenters. The number of thiazole rings is 2. The molecule has 0 N–H and O–H groups in total. The summed E-state index contributed by atoms with van der Waals surface area (Å²) >= 11 is 2.10. The Balaban J connectivity index is 0.000000200. The van der Waals surface area contributed by atoms with E-state index in [1.165, 1.54) is 35.6 Å². The third-order valence-corrected chi connectivity index (χ3v) is 15.3. The van der Waals surface area contributed by atoms with Gasteiger partial charge in [0.05, 0.1) is 22.8 Å². The highest BCUT2D eigenvalue weighted by atomic mass is 32.1. The van der Waals surface area contributed by atoms with Crippen LogP contribution in [0, 0.1) is 11.6 Å². The number of Topliss-reactive ketones (excluding diaryl/α,β-unsaturated/α-hetero) is 1. The lowest BCUT2D eigenvalue weighted by molar-refractivity contribution is -0.0882. The van der Waals surface area contributed by atoms with Crippen molar-refractivity contribution in [1.29, 1.82) is 0 Å². The second-order valence-electron chi connectivity index (χ2n) is 21.5. The van der Waals surface area contributed by atoms with Crippen molar-refractivity contribution in [3.63, 3.8) is 0 Å². The maximum atomic E-state index is 13.6. The van der Waals surface area contributed by atoms with Crippen molar-refractivity contribution in [2.45, 2.75) is 85.6 Å².